The summed E-state index contributed by atoms with van der Waals surface area (Å²) in [6, 6.07) is 30.7. The number of pyridine rings is 1. The zero-order valence-electron chi connectivity index (χ0n) is 21.2. The van der Waals surface area contributed by atoms with Gasteiger partial charge in [0.25, 0.3) is 0 Å². The first-order valence-electron chi connectivity index (χ1n) is 12.4. The van der Waals surface area contributed by atoms with Crippen molar-refractivity contribution in [2.45, 2.75) is 12.8 Å². The minimum atomic E-state index is 0.989. The van der Waals surface area contributed by atoms with Crippen molar-refractivity contribution in [2.75, 3.05) is 56.0 Å². The quantitative estimate of drug-likeness (QED) is 0.314. The zero-order valence-corrected chi connectivity index (χ0v) is 21.2. The van der Waals surface area contributed by atoms with Crippen LogP contribution in [0.1, 0.15) is 12.8 Å². The molecule has 2 heterocycles. The first-order valence-corrected chi connectivity index (χ1v) is 12.4. The van der Waals surface area contributed by atoms with Crippen molar-refractivity contribution in [3.8, 4) is 33.6 Å². The monoisotopic (exact) mass is 462 g/mol. The summed E-state index contributed by atoms with van der Waals surface area (Å²) in [5, 5.41) is 0. The maximum absolute atomic E-state index is 5.09. The third-order valence-electron chi connectivity index (χ3n) is 6.86. The number of anilines is 3. The lowest BCUT2D eigenvalue weighted by molar-refractivity contribution is 0.949. The van der Waals surface area contributed by atoms with E-state index in [0.29, 0.717) is 0 Å². The molecule has 4 aromatic rings. The van der Waals surface area contributed by atoms with Gasteiger partial charge in [0.15, 0.2) is 0 Å². The molecule has 4 nitrogen and oxygen atoms in total. The van der Waals surface area contributed by atoms with Crippen molar-refractivity contribution in [1.82, 2.24) is 4.98 Å². The highest BCUT2D eigenvalue weighted by Crippen LogP contribution is 2.33. The van der Waals surface area contributed by atoms with Crippen LogP contribution in [0.4, 0.5) is 17.1 Å². The van der Waals surface area contributed by atoms with Crippen LogP contribution in [-0.2, 0) is 0 Å². The van der Waals surface area contributed by atoms with E-state index in [1.54, 1.807) is 0 Å². The van der Waals surface area contributed by atoms with Crippen molar-refractivity contribution in [3.63, 3.8) is 0 Å². The first kappa shape index (κ1) is 23.0. The predicted octanol–water partition coefficient (Wildman–Crippen LogP) is 6.81. The Kier molecular flexibility index (Phi) is 6.45. The van der Waals surface area contributed by atoms with E-state index in [2.05, 4.69) is 128 Å². The van der Waals surface area contributed by atoms with Crippen molar-refractivity contribution in [3.05, 3.63) is 84.9 Å². The van der Waals surface area contributed by atoms with Gasteiger partial charge in [-0.2, -0.15) is 0 Å². The Morgan fingerprint density at radius 1 is 0.543 bits per heavy atom. The van der Waals surface area contributed by atoms with Crippen LogP contribution < -0.4 is 14.7 Å². The third-order valence-corrected chi connectivity index (χ3v) is 6.86. The van der Waals surface area contributed by atoms with Crippen LogP contribution in [0.5, 0.6) is 0 Å². The van der Waals surface area contributed by atoms with Crippen LogP contribution >= 0.6 is 0 Å². The molecule has 0 amide bonds. The Hall–Kier alpha value is -3.79. The SMILES string of the molecule is CN(C)c1ccc(-c2cc(-c3ccc(N4CCCC4)cc3)cc(-c3ccc(N(C)C)cc3)n2)cc1. The van der Waals surface area contributed by atoms with Crippen LogP contribution in [-0.4, -0.2) is 46.3 Å². The minimum Gasteiger partial charge on any atom is -0.378 e. The summed E-state index contributed by atoms with van der Waals surface area (Å²) in [6.07, 6.45) is 2.58. The number of benzene rings is 3. The molecule has 0 atom stereocenters. The molecule has 0 unspecified atom stereocenters. The Morgan fingerprint density at radius 2 is 0.971 bits per heavy atom. The maximum Gasteiger partial charge on any atom is 0.0715 e. The summed E-state index contributed by atoms with van der Waals surface area (Å²) < 4.78 is 0. The lowest BCUT2D eigenvalue weighted by Crippen LogP contribution is -2.17. The topological polar surface area (TPSA) is 22.6 Å². The second-order valence-electron chi connectivity index (χ2n) is 9.75. The average molecular weight is 463 g/mol. The Bertz CT molecular complexity index is 1200. The molecule has 4 heteroatoms. The molecule has 1 aliphatic heterocycles. The van der Waals surface area contributed by atoms with Gasteiger partial charge in [0.2, 0.25) is 0 Å². The molecule has 0 aliphatic carbocycles. The Labute approximate surface area is 209 Å². The smallest absolute Gasteiger partial charge is 0.0715 e. The highest BCUT2D eigenvalue weighted by molar-refractivity contribution is 5.78. The number of hydrogen-bond acceptors (Lipinski definition) is 4. The molecule has 35 heavy (non-hydrogen) atoms. The van der Waals surface area contributed by atoms with Gasteiger partial charge >= 0.3 is 0 Å². The summed E-state index contributed by atoms with van der Waals surface area (Å²) in [7, 11) is 8.26. The molecule has 0 saturated carbocycles. The molecule has 178 valence electrons. The van der Waals surface area contributed by atoms with Gasteiger partial charge in [0, 0.05) is 69.5 Å². The van der Waals surface area contributed by atoms with Crippen molar-refractivity contribution in [1.29, 1.82) is 0 Å². The molecular formula is C31H34N4. The molecule has 0 spiro atoms. The zero-order chi connectivity index (χ0) is 24.4. The fourth-order valence-electron chi connectivity index (χ4n) is 4.69. The van der Waals surface area contributed by atoms with Gasteiger partial charge in [-0.3, -0.25) is 0 Å². The van der Waals surface area contributed by atoms with Crippen LogP contribution in [0.2, 0.25) is 0 Å². The van der Waals surface area contributed by atoms with E-state index in [9.17, 15) is 0 Å². The summed E-state index contributed by atoms with van der Waals surface area (Å²) >= 11 is 0. The lowest BCUT2D eigenvalue weighted by atomic mass is 9.99. The van der Waals surface area contributed by atoms with E-state index in [0.717, 1.165) is 35.6 Å². The van der Waals surface area contributed by atoms with Gasteiger partial charge < -0.3 is 14.7 Å². The van der Waals surface area contributed by atoms with Gasteiger partial charge in [0.05, 0.1) is 11.4 Å². The van der Waals surface area contributed by atoms with Crippen molar-refractivity contribution in [2.24, 2.45) is 0 Å². The fourth-order valence-corrected chi connectivity index (χ4v) is 4.69. The van der Waals surface area contributed by atoms with Crippen molar-refractivity contribution >= 4 is 17.1 Å². The molecule has 3 aromatic carbocycles. The van der Waals surface area contributed by atoms with E-state index in [1.807, 2.05) is 0 Å². The highest BCUT2D eigenvalue weighted by Gasteiger charge is 2.13. The van der Waals surface area contributed by atoms with E-state index < -0.39 is 0 Å². The molecular weight excluding hydrogens is 428 g/mol. The maximum atomic E-state index is 5.09. The van der Waals surface area contributed by atoms with E-state index in [1.165, 1.54) is 41.0 Å². The summed E-state index contributed by atoms with van der Waals surface area (Å²) in [4.78, 5) is 11.8. The largest absolute Gasteiger partial charge is 0.378 e. The van der Waals surface area contributed by atoms with Gasteiger partial charge in [-0.25, -0.2) is 4.98 Å². The summed E-state index contributed by atoms with van der Waals surface area (Å²) in [6.45, 7) is 2.32. The molecule has 1 aliphatic rings. The summed E-state index contributed by atoms with van der Waals surface area (Å²) in [5.74, 6) is 0. The molecule has 0 radical (unpaired) electrons. The number of rotatable bonds is 6. The molecule has 5 rings (SSSR count). The number of nitrogens with zero attached hydrogens (tertiary/aromatic N) is 4. The van der Waals surface area contributed by atoms with Crippen LogP contribution in [0.25, 0.3) is 33.6 Å². The minimum absolute atomic E-state index is 0.989. The van der Waals surface area contributed by atoms with E-state index in [-0.39, 0.29) is 0 Å². The fraction of sp³-hybridized carbons (Fsp3) is 0.258. The van der Waals surface area contributed by atoms with E-state index in [4.69, 9.17) is 4.98 Å². The lowest BCUT2D eigenvalue weighted by Gasteiger charge is -2.18. The second-order valence-corrected chi connectivity index (χ2v) is 9.75. The summed E-state index contributed by atoms with van der Waals surface area (Å²) in [5.41, 5.74) is 10.3. The molecule has 1 fully saturated rings. The molecule has 0 bridgehead atoms. The Balaban J connectivity index is 1.56. The second kappa shape index (κ2) is 9.83. The van der Waals surface area contributed by atoms with Gasteiger partial charge in [-0.05, 0) is 72.5 Å². The number of aromatic nitrogens is 1. The predicted molar refractivity (Wildman–Crippen MR) is 151 cm³/mol. The molecule has 0 N–H and O–H groups in total. The normalized spacial score (nSPS) is 13.2. The van der Waals surface area contributed by atoms with Crippen molar-refractivity contribution < 1.29 is 0 Å². The third kappa shape index (κ3) is 5.02. The molecule has 1 saturated heterocycles. The van der Waals surface area contributed by atoms with E-state index >= 15 is 0 Å². The van der Waals surface area contributed by atoms with Gasteiger partial charge in [0.1, 0.15) is 0 Å². The molecule has 1 aromatic heterocycles. The van der Waals surface area contributed by atoms with Gasteiger partial charge in [-0.15, -0.1) is 0 Å². The Morgan fingerprint density at radius 3 is 1.40 bits per heavy atom. The van der Waals surface area contributed by atoms with Crippen LogP contribution in [0.15, 0.2) is 84.9 Å². The number of hydrogen-bond donors (Lipinski definition) is 0. The average Bonchev–Trinajstić information content (AvgIpc) is 3.44. The standard InChI is InChI=1S/C31H34N4/c1-33(2)27-13-9-24(10-14-27)30-21-26(23-7-17-29(18-8-23)35-19-5-6-20-35)22-31(32-30)25-11-15-28(16-12-25)34(3)4/h7-18,21-22H,5-6,19-20H2,1-4H3. The van der Waals surface area contributed by atoms with Crippen LogP contribution in [0, 0.1) is 0 Å². The van der Waals surface area contributed by atoms with Gasteiger partial charge in [-0.1, -0.05) is 36.4 Å². The van der Waals surface area contributed by atoms with Crippen LogP contribution in [0.3, 0.4) is 0 Å². The highest BCUT2D eigenvalue weighted by atomic mass is 15.1. The first-order chi connectivity index (χ1) is 17.0.